The van der Waals surface area contributed by atoms with Gasteiger partial charge in [-0.2, -0.15) is 0 Å². The number of fused-ring (bicyclic) bond motifs is 8. The number of ether oxygens (including phenoxy) is 1. The van der Waals surface area contributed by atoms with Crippen LogP contribution in [0.2, 0.25) is 0 Å². The first kappa shape index (κ1) is 43.4. The van der Waals surface area contributed by atoms with E-state index >= 15 is 0 Å². The van der Waals surface area contributed by atoms with Crippen molar-refractivity contribution in [1.29, 1.82) is 0 Å². The van der Waals surface area contributed by atoms with E-state index in [9.17, 15) is 28.8 Å². The van der Waals surface area contributed by atoms with Gasteiger partial charge in [0, 0.05) is 80.1 Å². The topological polar surface area (TPSA) is 190 Å². The van der Waals surface area contributed by atoms with E-state index in [1.807, 2.05) is 37.3 Å². The summed E-state index contributed by atoms with van der Waals surface area (Å²) in [5.74, 6) is -1.07. The molecule has 0 saturated heterocycles. The number of anilines is 6. The van der Waals surface area contributed by atoms with Gasteiger partial charge >= 0.3 is 0 Å². The first-order valence-electron chi connectivity index (χ1n) is 22.1. The van der Waals surface area contributed by atoms with Crippen LogP contribution in [0.3, 0.4) is 0 Å². The summed E-state index contributed by atoms with van der Waals surface area (Å²) in [6.07, 6.45) is 4.88. The summed E-state index contributed by atoms with van der Waals surface area (Å²) in [5, 5.41) is 20.5. The summed E-state index contributed by atoms with van der Waals surface area (Å²) in [6, 6.07) is 21.2. The van der Waals surface area contributed by atoms with Gasteiger partial charge < -0.3 is 46.4 Å². The minimum absolute atomic E-state index is 0.0393. The van der Waals surface area contributed by atoms with Gasteiger partial charge in [-0.3, -0.25) is 28.8 Å². The highest BCUT2D eigenvalue weighted by Crippen LogP contribution is 2.41. The average Bonchev–Trinajstić information content (AvgIpc) is 3.81. The SMILES string of the molecule is C=CC(=O)N1CCCc2ccc(NC(=O)c3ccc4sc5c(c4c3)NC[C@@H](CC[C@@H]3CN(C(=O)C=C)c4cc(NC(=O)c6ccc7sc8c(c7c6)NC[C@@H](C)NC8=O)ccc4O3)NC5=O)cc21. The summed E-state index contributed by atoms with van der Waals surface area (Å²) in [5.41, 5.74) is 5.54. The van der Waals surface area contributed by atoms with Crippen LogP contribution in [0.5, 0.6) is 5.75 Å². The van der Waals surface area contributed by atoms with Crippen LogP contribution < -0.4 is 46.4 Å². The maximum atomic E-state index is 13.7. The molecule has 0 radical (unpaired) electrons. The average molecular weight is 935 g/mol. The predicted octanol–water partition coefficient (Wildman–Crippen LogP) is 7.91. The van der Waals surface area contributed by atoms with E-state index in [0.29, 0.717) is 81.9 Å². The minimum atomic E-state index is -0.403. The van der Waals surface area contributed by atoms with Crippen molar-refractivity contribution in [2.75, 3.05) is 57.2 Å². The molecule has 15 nitrogen and oxygen atoms in total. The molecule has 6 aromatic rings. The highest BCUT2D eigenvalue weighted by atomic mass is 32.1. The number of hydrogen-bond donors (Lipinski definition) is 6. The highest BCUT2D eigenvalue weighted by Gasteiger charge is 2.32. The molecule has 17 heteroatoms. The molecule has 0 saturated carbocycles. The Labute approximate surface area is 393 Å². The number of aryl methyl sites for hydroxylation is 1. The van der Waals surface area contributed by atoms with Crippen LogP contribution in [-0.2, 0) is 16.0 Å². The van der Waals surface area contributed by atoms with E-state index in [2.05, 4.69) is 45.1 Å². The van der Waals surface area contributed by atoms with Gasteiger partial charge in [0.25, 0.3) is 29.5 Å². The Morgan fingerprint density at radius 1 is 0.731 bits per heavy atom. The van der Waals surface area contributed by atoms with Crippen molar-refractivity contribution >= 4 is 112 Å². The van der Waals surface area contributed by atoms with E-state index in [4.69, 9.17) is 4.74 Å². The highest BCUT2D eigenvalue weighted by molar-refractivity contribution is 7.22. The molecular formula is C50H46N8O7S2. The number of carbonyl (C=O) groups excluding carboxylic acids is 6. The first-order valence-corrected chi connectivity index (χ1v) is 23.7. The van der Waals surface area contributed by atoms with Crippen molar-refractivity contribution in [2.45, 2.75) is 50.8 Å². The van der Waals surface area contributed by atoms with Crippen molar-refractivity contribution in [2.24, 2.45) is 0 Å². The molecule has 0 fully saturated rings. The Balaban J connectivity index is 0.793. The summed E-state index contributed by atoms with van der Waals surface area (Å²) in [7, 11) is 0. The fraction of sp³-hybridized carbons (Fsp3) is 0.240. The van der Waals surface area contributed by atoms with Crippen LogP contribution in [0.25, 0.3) is 20.2 Å². The van der Waals surface area contributed by atoms with Crippen molar-refractivity contribution in [3.05, 3.63) is 125 Å². The quantitative estimate of drug-likeness (QED) is 0.0783. The Bertz CT molecular complexity index is 3100. The number of benzene rings is 4. The Morgan fingerprint density at radius 2 is 1.33 bits per heavy atom. The maximum Gasteiger partial charge on any atom is 0.263 e. The van der Waals surface area contributed by atoms with Crippen LogP contribution >= 0.6 is 22.7 Å². The zero-order valence-corrected chi connectivity index (χ0v) is 38.1. The molecule has 67 heavy (non-hydrogen) atoms. The molecular weight excluding hydrogens is 889 g/mol. The monoisotopic (exact) mass is 934 g/mol. The van der Waals surface area contributed by atoms with Crippen molar-refractivity contribution in [3.8, 4) is 5.75 Å². The second-order valence-corrected chi connectivity index (χ2v) is 19.1. The zero-order chi connectivity index (χ0) is 46.5. The number of carbonyl (C=O) groups is 6. The van der Waals surface area contributed by atoms with Crippen LogP contribution in [0.1, 0.15) is 71.8 Å². The summed E-state index contributed by atoms with van der Waals surface area (Å²) in [4.78, 5) is 83.9. The largest absolute Gasteiger partial charge is 0.486 e. The molecule has 2 aromatic heterocycles. The minimum Gasteiger partial charge on any atom is -0.486 e. The van der Waals surface area contributed by atoms with Crippen LogP contribution in [0.4, 0.5) is 34.1 Å². The number of nitrogens with zero attached hydrogens (tertiary/aromatic N) is 2. The molecule has 0 bridgehead atoms. The zero-order valence-electron chi connectivity index (χ0n) is 36.5. The summed E-state index contributed by atoms with van der Waals surface area (Å²) in [6.45, 7) is 11.1. The Morgan fingerprint density at radius 3 is 1.99 bits per heavy atom. The first-order chi connectivity index (χ1) is 32.4. The third-order valence-electron chi connectivity index (χ3n) is 12.5. The Kier molecular flexibility index (Phi) is 11.5. The molecule has 0 aliphatic carbocycles. The standard InChI is InChI=1S/C50H46N8O7S2/c1-4-41(59)57-18-6-7-27-8-11-30(21-36(27)57)54-47(61)29-10-17-40-35(20-29)44-46(67-40)50(64)56-32(24-52-44)12-14-33-25-58(42(60)5-2)37-22-31(13-15-38(37)65-33)55-48(62)28-9-16-39-34(19-28)43-45(66-39)49(63)53-26(3)23-51-43/h4-5,8-11,13,15-17,19-22,26,32-33,51-52H,1-2,6-7,12,14,18,23-25H2,3H3,(H,53,63)(H,54,61)(H,55,62)(H,56,64)/t26-,32-,33-/m1/s1. The molecule has 10 rings (SSSR count). The molecule has 6 amide bonds. The van der Waals surface area contributed by atoms with Crippen LogP contribution in [-0.4, -0.2) is 79.8 Å². The predicted molar refractivity (Wildman–Crippen MR) is 265 cm³/mol. The van der Waals surface area contributed by atoms with E-state index in [-0.39, 0.29) is 54.1 Å². The van der Waals surface area contributed by atoms with Gasteiger partial charge in [-0.05, 0) is 117 Å². The number of rotatable bonds is 9. The third-order valence-corrected chi connectivity index (χ3v) is 14.8. The summed E-state index contributed by atoms with van der Waals surface area (Å²) >= 11 is 2.73. The molecule has 340 valence electrons. The third kappa shape index (κ3) is 8.36. The summed E-state index contributed by atoms with van der Waals surface area (Å²) < 4.78 is 8.18. The maximum absolute atomic E-state index is 13.7. The van der Waals surface area contributed by atoms with Gasteiger partial charge in [-0.25, -0.2) is 0 Å². The lowest BCUT2D eigenvalue weighted by molar-refractivity contribution is -0.115. The van der Waals surface area contributed by atoms with Gasteiger partial charge in [-0.1, -0.05) is 19.2 Å². The lowest BCUT2D eigenvalue weighted by atomic mass is 10.0. The number of thiophene rings is 2. The fourth-order valence-corrected chi connectivity index (χ4v) is 11.2. The molecule has 6 N–H and O–H groups in total. The smallest absolute Gasteiger partial charge is 0.263 e. The van der Waals surface area contributed by atoms with Crippen LogP contribution in [0.15, 0.2) is 98.1 Å². The molecule has 0 unspecified atom stereocenters. The molecule has 3 atom stereocenters. The van der Waals surface area contributed by atoms with Crippen molar-refractivity contribution in [3.63, 3.8) is 0 Å². The van der Waals surface area contributed by atoms with E-state index in [1.54, 1.807) is 52.3 Å². The lowest BCUT2D eigenvalue weighted by Crippen LogP contribution is -2.44. The van der Waals surface area contributed by atoms with E-state index < -0.39 is 6.10 Å². The van der Waals surface area contributed by atoms with E-state index in [0.717, 1.165) is 50.0 Å². The molecule has 4 aliphatic rings. The Hall–Kier alpha value is -7.50. The number of hydrogen-bond acceptors (Lipinski definition) is 11. The van der Waals surface area contributed by atoms with E-state index in [1.165, 1.54) is 34.8 Å². The van der Waals surface area contributed by atoms with Gasteiger partial charge in [-0.15, -0.1) is 22.7 Å². The second-order valence-electron chi connectivity index (χ2n) is 17.0. The lowest BCUT2D eigenvalue weighted by Gasteiger charge is -2.35. The van der Waals surface area contributed by atoms with Crippen molar-refractivity contribution in [1.82, 2.24) is 10.6 Å². The van der Waals surface area contributed by atoms with Gasteiger partial charge in [0.05, 0.1) is 23.6 Å². The second kappa shape index (κ2) is 17.7. The fourth-order valence-electron chi connectivity index (χ4n) is 9.12. The number of nitrogens with one attached hydrogen (secondary N) is 6. The normalized spacial score (nSPS) is 18.5. The van der Waals surface area contributed by atoms with Crippen LogP contribution in [0, 0.1) is 0 Å². The molecule has 6 heterocycles. The van der Waals surface area contributed by atoms with Gasteiger partial charge in [0.1, 0.15) is 21.6 Å². The van der Waals surface area contributed by atoms with Gasteiger partial charge in [0.15, 0.2) is 0 Å². The molecule has 4 aromatic carbocycles. The molecule has 0 spiro atoms. The number of amides is 6. The molecule has 4 aliphatic heterocycles. The van der Waals surface area contributed by atoms with Crippen molar-refractivity contribution < 1.29 is 33.5 Å². The van der Waals surface area contributed by atoms with Gasteiger partial charge in [0.2, 0.25) is 5.91 Å².